The molecule has 4 heterocycles. The SMILES string of the molecule is C=S(=O)(c1ccn(C)n1)N(C(C)C)[C@H]1CCC2=Cc3c(cnn3-c3ccc(F)nc3)C[C@]2(C(=O)c2cc(Cl)ccn2)C1. The van der Waals surface area contributed by atoms with Crippen LogP contribution in [-0.2, 0) is 23.2 Å². The van der Waals surface area contributed by atoms with Crippen LogP contribution in [0.3, 0.4) is 0 Å². The number of aryl methyl sites for hydroxylation is 1. The van der Waals surface area contributed by atoms with Crippen molar-refractivity contribution in [1.82, 2.24) is 33.8 Å². The van der Waals surface area contributed by atoms with E-state index in [0.717, 1.165) is 16.8 Å². The normalized spacial score (nSPS) is 21.5. The summed E-state index contributed by atoms with van der Waals surface area (Å²) in [6.07, 6.45) is 10.5. The molecule has 1 fully saturated rings. The standard InChI is InChI=1S/C30H31ClFN7O2S/c1-19(2)39(42(4,41)28-10-12-37(3)36-28)23-6-5-21-13-26-20(17-35-38(26)24-7-8-27(32)34-18-24)15-30(21,16-23)29(40)25-14-22(31)9-11-33-25/h7-14,17-19,23H,4-6,15-16H2,1-3H3/t23-,30-,42?/m0/s1. The van der Waals surface area contributed by atoms with Gasteiger partial charge in [-0.2, -0.15) is 14.6 Å². The molecule has 0 spiro atoms. The second-order valence-corrected chi connectivity index (χ2v) is 13.8. The number of hydrogen-bond donors (Lipinski definition) is 0. The number of allylic oxidation sites excluding steroid dienone is 1. The molecule has 0 saturated heterocycles. The van der Waals surface area contributed by atoms with E-state index in [1.807, 2.05) is 24.2 Å². The lowest BCUT2D eigenvalue weighted by molar-refractivity contribution is 0.0726. The first-order chi connectivity index (χ1) is 20.0. The summed E-state index contributed by atoms with van der Waals surface area (Å²) < 4.78 is 33.1. The number of ketones is 1. The first-order valence-corrected chi connectivity index (χ1v) is 15.8. The molecule has 1 saturated carbocycles. The molecule has 0 aromatic carbocycles. The number of pyridine rings is 2. The Hall–Kier alpha value is -3.67. The summed E-state index contributed by atoms with van der Waals surface area (Å²) >= 11 is 6.30. The van der Waals surface area contributed by atoms with Crippen LogP contribution in [0.1, 0.15) is 54.9 Å². The number of hydrogen-bond acceptors (Lipinski definition) is 6. The van der Waals surface area contributed by atoms with E-state index in [9.17, 15) is 13.4 Å². The van der Waals surface area contributed by atoms with Crippen molar-refractivity contribution >= 4 is 39.0 Å². The van der Waals surface area contributed by atoms with Gasteiger partial charge in [0.05, 0.1) is 38.9 Å². The number of halogens is 2. The van der Waals surface area contributed by atoms with E-state index in [1.165, 1.54) is 18.5 Å². The van der Waals surface area contributed by atoms with Crippen LogP contribution in [0.15, 0.2) is 65.7 Å². The monoisotopic (exact) mass is 607 g/mol. The van der Waals surface area contributed by atoms with E-state index >= 15 is 0 Å². The van der Waals surface area contributed by atoms with E-state index in [0.29, 0.717) is 41.4 Å². The van der Waals surface area contributed by atoms with Crippen molar-refractivity contribution in [2.24, 2.45) is 12.5 Å². The Morgan fingerprint density at radius 3 is 2.71 bits per heavy atom. The summed E-state index contributed by atoms with van der Waals surface area (Å²) in [6.45, 7) is 3.98. The number of aromatic nitrogens is 6. The van der Waals surface area contributed by atoms with Crippen molar-refractivity contribution in [3.8, 4) is 5.69 Å². The van der Waals surface area contributed by atoms with Gasteiger partial charge < -0.3 is 0 Å². The molecule has 0 N–H and O–H groups in total. The molecule has 42 heavy (non-hydrogen) atoms. The Balaban J connectivity index is 1.46. The number of nitrogens with zero attached hydrogens (tertiary/aromatic N) is 7. The zero-order valence-electron chi connectivity index (χ0n) is 23.6. The molecular weight excluding hydrogens is 577 g/mol. The number of carbonyl (C=O) groups excluding carboxylic acids is 1. The maximum Gasteiger partial charge on any atom is 0.212 e. The Kier molecular flexibility index (Phi) is 7.15. The van der Waals surface area contributed by atoms with Gasteiger partial charge in [0.1, 0.15) is 5.69 Å². The van der Waals surface area contributed by atoms with Crippen LogP contribution in [0.4, 0.5) is 4.39 Å². The first-order valence-electron chi connectivity index (χ1n) is 13.7. The van der Waals surface area contributed by atoms with Gasteiger partial charge in [-0.25, -0.2) is 18.2 Å². The van der Waals surface area contributed by atoms with Crippen molar-refractivity contribution in [3.05, 3.63) is 88.6 Å². The molecular formula is C30H31ClFN7O2S. The zero-order chi connectivity index (χ0) is 29.8. The van der Waals surface area contributed by atoms with Crippen molar-refractivity contribution in [3.63, 3.8) is 0 Å². The smallest absolute Gasteiger partial charge is 0.212 e. The van der Waals surface area contributed by atoms with Crippen LogP contribution in [0.5, 0.6) is 0 Å². The average Bonchev–Trinajstić information content (AvgIpc) is 3.57. The molecule has 0 aliphatic heterocycles. The summed E-state index contributed by atoms with van der Waals surface area (Å²) in [5.74, 6) is 3.46. The van der Waals surface area contributed by atoms with Crippen LogP contribution < -0.4 is 0 Å². The summed E-state index contributed by atoms with van der Waals surface area (Å²) in [5.41, 5.74) is 2.59. The van der Waals surface area contributed by atoms with Gasteiger partial charge in [0.2, 0.25) is 5.95 Å². The number of carbonyl (C=O) groups is 1. The largest absolute Gasteiger partial charge is 0.291 e. The van der Waals surface area contributed by atoms with Crippen LogP contribution in [0.2, 0.25) is 5.02 Å². The summed E-state index contributed by atoms with van der Waals surface area (Å²) in [7, 11) is -1.18. The van der Waals surface area contributed by atoms with Crippen molar-refractivity contribution in [1.29, 1.82) is 0 Å². The highest BCUT2D eigenvalue weighted by Crippen LogP contribution is 2.51. The summed E-state index contributed by atoms with van der Waals surface area (Å²) in [4.78, 5) is 22.7. The molecule has 6 rings (SSSR count). The molecule has 12 heteroatoms. The Bertz CT molecular complexity index is 1810. The van der Waals surface area contributed by atoms with E-state index in [4.69, 9.17) is 11.6 Å². The molecule has 4 aromatic heterocycles. The van der Waals surface area contributed by atoms with Crippen molar-refractivity contribution in [2.75, 3.05) is 0 Å². The Morgan fingerprint density at radius 1 is 1.24 bits per heavy atom. The number of rotatable bonds is 7. The van der Waals surface area contributed by atoms with Gasteiger partial charge in [-0.3, -0.25) is 14.5 Å². The third kappa shape index (κ3) is 4.79. The van der Waals surface area contributed by atoms with Gasteiger partial charge in [-0.15, -0.1) is 0 Å². The Labute approximate surface area is 249 Å². The van der Waals surface area contributed by atoms with Gasteiger partial charge >= 0.3 is 0 Å². The number of Topliss-reactive ketones (excluding diaryl/α,β-unsaturated/α-hetero) is 1. The predicted octanol–water partition coefficient (Wildman–Crippen LogP) is 4.95. The van der Waals surface area contributed by atoms with Crippen LogP contribution >= 0.6 is 11.6 Å². The van der Waals surface area contributed by atoms with E-state index < -0.39 is 21.1 Å². The third-order valence-corrected chi connectivity index (χ3v) is 10.7. The summed E-state index contributed by atoms with van der Waals surface area (Å²) in [6, 6.07) is 7.54. The van der Waals surface area contributed by atoms with E-state index in [1.54, 1.807) is 53.1 Å². The van der Waals surface area contributed by atoms with Gasteiger partial charge in [-0.05, 0) is 87.4 Å². The molecule has 218 valence electrons. The molecule has 0 amide bonds. The minimum Gasteiger partial charge on any atom is -0.291 e. The van der Waals surface area contributed by atoms with Gasteiger partial charge in [0.25, 0.3) is 0 Å². The first kappa shape index (κ1) is 28.4. The molecule has 2 aliphatic rings. The number of fused-ring (bicyclic) bond motifs is 2. The van der Waals surface area contributed by atoms with Crippen LogP contribution in [0, 0.1) is 11.4 Å². The highest BCUT2D eigenvalue weighted by molar-refractivity contribution is 7.98. The lowest BCUT2D eigenvalue weighted by atomic mass is 9.60. The van der Waals surface area contributed by atoms with Crippen molar-refractivity contribution in [2.45, 2.75) is 56.6 Å². The second-order valence-electron chi connectivity index (χ2n) is 11.2. The van der Waals surface area contributed by atoms with Crippen LogP contribution in [-0.4, -0.2) is 61.8 Å². The molecule has 9 nitrogen and oxygen atoms in total. The highest BCUT2D eigenvalue weighted by Gasteiger charge is 2.51. The molecule has 2 aliphatic carbocycles. The minimum absolute atomic E-state index is 0.128. The van der Waals surface area contributed by atoms with Gasteiger partial charge in [0.15, 0.2) is 10.8 Å². The minimum atomic E-state index is -2.96. The maximum absolute atomic E-state index is 14.5. The van der Waals surface area contributed by atoms with Gasteiger partial charge in [-0.1, -0.05) is 17.2 Å². The third-order valence-electron chi connectivity index (χ3n) is 8.21. The van der Waals surface area contributed by atoms with Crippen molar-refractivity contribution < 1.29 is 13.4 Å². The second kappa shape index (κ2) is 10.6. The fraction of sp³-hybridized carbons (Fsp3) is 0.333. The van der Waals surface area contributed by atoms with E-state index in [2.05, 4.69) is 26.0 Å². The molecule has 0 radical (unpaired) electrons. The fourth-order valence-corrected chi connectivity index (χ4v) is 8.70. The lowest BCUT2D eigenvalue weighted by Crippen LogP contribution is -2.52. The fourth-order valence-electron chi connectivity index (χ4n) is 6.45. The highest BCUT2D eigenvalue weighted by atomic mass is 35.5. The zero-order valence-corrected chi connectivity index (χ0v) is 25.1. The molecule has 1 unspecified atom stereocenters. The summed E-state index contributed by atoms with van der Waals surface area (Å²) in [5, 5.41) is 9.85. The van der Waals surface area contributed by atoms with Crippen LogP contribution in [0.25, 0.3) is 11.8 Å². The lowest BCUT2D eigenvalue weighted by Gasteiger charge is -2.48. The predicted molar refractivity (Wildman–Crippen MR) is 160 cm³/mol. The maximum atomic E-state index is 14.5. The van der Waals surface area contributed by atoms with Gasteiger partial charge in [0, 0.05) is 36.5 Å². The van der Waals surface area contributed by atoms with E-state index in [-0.39, 0.29) is 23.6 Å². The molecule has 0 bridgehead atoms. The molecule has 3 atom stereocenters. The average molecular weight is 608 g/mol. The Morgan fingerprint density at radius 2 is 2.05 bits per heavy atom. The topological polar surface area (TPSA) is 98.8 Å². The molecule has 4 aromatic rings. The quantitative estimate of drug-likeness (QED) is 0.167.